The van der Waals surface area contributed by atoms with Crippen LogP contribution in [0, 0.1) is 18.3 Å². The minimum Gasteiger partial charge on any atom is -0.508 e. The third-order valence-corrected chi connectivity index (χ3v) is 2.33. The van der Waals surface area contributed by atoms with E-state index >= 15 is 0 Å². The van der Waals surface area contributed by atoms with Gasteiger partial charge in [-0.2, -0.15) is 5.26 Å². The first-order chi connectivity index (χ1) is 7.60. The Morgan fingerprint density at radius 1 is 1.56 bits per heavy atom. The van der Waals surface area contributed by atoms with E-state index in [4.69, 9.17) is 5.26 Å². The first-order valence-corrected chi connectivity index (χ1v) is 5.07. The summed E-state index contributed by atoms with van der Waals surface area (Å²) in [5.74, 6) is -0.137. The largest absolute Gasteiger partial charge is 0.508 e. The van der Waals surface area contributed by atoms with Crippen molar-refractivity contribution in [2.45, 2.75) is 20.3 Å². The fourth-order valence-corrected chi connectivity index (χ4v) is 1.53. The predicted molar refractivity (Wildman–Crippen MR) is 61.1 cm³/mol. The van der Waals surface area contributed by atoms with Crippen molar-refractivity contribution >= 4 is 11.6 Å². The van der Waals surface area contributed by atoms with Crippen LogP contribution in [0.25, 0.3) is 0 Å². The molecule has 0 saturated carbocycles. The summed E-state index contributed by atoms with van der Waals surface area (Å²) in [7, 11) is 0. The van der Waals surface area contributed by atoms with Crippen molar-refractivity contribution in [3.63, 3.8) is 0 Å². The molecule has 1 amide bonds. The molecule has 0 saturated heterocycles. The second-order valence-electron chi connectivity index (χ2n) is 3.44. The Hall–Kier alpha value is -2.02. The normalized spacial score (nSPS) is 9.56. The number of amides is 1. The molecule has 0 radical (unpaired) electrons. The summed E-state index contributed by atoms with van der Waals surface area (Å²) in [4.78, 5) is 13.2. The van der Waals surface area contributed by atoms with Crippen molar-refractivity contribution in [1.29, 1.82) is 5.26 Å². The van der Waals surface area contributed by atoms with Crippen molar-refractivity contribution < 1.29 is 9.90 Å². The zero-order valence-electron chi connectivity index (χ0n) is 9.40. The lowest BCUT2D eigenvalue weighted by atomic mass is 10.1. The molecule has 84 valence electrons. The van der Waals surface area contributed by atoms with E-state index in [1.807, 2.05) is 19.9 Å². The molecule has 0 bridgehead atoms. The van der Waals surface area contributed by atoms with Gasteiger partial charge >= 0.3 is 0 Å². The highest BCUT2D eigenvalue weighted by Gasteiger charge is 2.15. The van der Waals surface area contributed by atoms with E-state index in [2.05, 4.69) is 0 Å². The van der Waals surface area contributed by atoms with Gasteiger partial charge < -0.3 is 10.0 Å². The molecule has 16 heavy (non-hydrogen) atoms. The van der Waals surface area contributed by atoms with E-state index in [0.717, 1.165) is 5.56 Å². The Balaban J connectivity index is 3.08. The van der Waals surface area contributed by atoms with Gasteiger partial charge in [-0.25, -0.2) is 0 Å². The third kappa shape index (κ3) is 2.51. The Labute approximate surface area is 94.7 Å². The lowest BCUT2D eigenvalue weighted by Crippen LogP contribution is -2.30. The Bertz CT molecular complexity index is 435. The minimum atomic E-state index is -0.251. The van der Waals surface area contributed by atoms with E-state index in [1.54, 1.807) is 12.1 Å². The number of anilines is 1. The number of carbonyl (C=O) groups is 1. The van der Waals surface area contributed by atoms with Gasteiger partial charge in [-0.3, -0.25) is 4.79 Å². The molecule has 1 aromatic carbocycles. The maximum atomic E-state index is 11.7. The van der Waals surface area contributed by atoms with Gasteiger partial charge in [0.15, 0.2) is 0 Å². The van der Waals surface area contributed by atoms with Crippen molar-refractivity contribution in [2.75, 3.05) is 11.4 Å². The van der Waals surface area contributed by atoms with Crippen LogP contribution in [0.4, 0.5) is 5.69 Å². The van der Waals surface area contributed by atoms with Crippen molar-refractivity contribution in [3.05, 3.63) is 23.8 Å². The highest BCUT2D eigenvalue weighted by Crippen LogP contribution is 2.25. The van der Waals surface area contributed by atoms with E-state index in [9.17, 15) is 9.90 Å². The highest BCUT2D eigenvalue weighted by atomic mass is 16.3. The Morgan fingerprint density at radius 2 is 2.25 bits per heavy atom. The second-order valence-corrected chi connectivity index (χ2v) is 3.44. The highest BCUT2D eigenvalue weighted by molar-refractivity contribution is 5.95. The van der Waals surface area contributed by atoms with Crippen molar-refractivity contribution in [1.82, 2.24) is 0 Å². The summed E-state index contributed by atoms with van der Waals surface area (Å²) in [5, 5.41) is 17.9. The van der Waals surface area contributed by atoms with E-state index in [1.165, 1.54) is 11.0 Å². The number of aromatic hydroxyl groups is 1. The predicted octanol–water partition coefficient (Wildman–Crippen LogP) is 1.97. The number of phenolic OH excluding ortho intramolecular Hbond substituents is 1. The number of benzene rings is 1. The zero-order valence-corrected chi connectivity index (χ0v) is 9.40. The van der Waals surface area contributed by atoms with Crippen molar-refractivity contribution in [3.8, 4) is 11.8 Å². The van der Waals surface area contributed by atoms with Gasteiger partial charge in [0.2, 0.25) is 5.91 Å². The van der Waals surface area contributed by atoms with Crippen LogP contribution in [-0.2, 0) is 4.79 Å². The fourth-order valence-electron chi connectivity index (χ4n) is 1.53. The van der Waals surface area contributed by atoms with Crippen LogP contribution in [0.2, 0.25) is 0 Å². The minimum absolute atomic E-state index is 0.115. The number of carbonyl (C=O) groups excluding carboxylic acids is 1. The standard InChI is InChI=1S/C12H14N2O2/c1-3-14(12(16)6-7-13)11-8-10(15)5-4-9(11)2/h4-5,8,15H,3,6H2,1-2H3. The molecule has 4 nitrogen and oxygen atoms in total. The van der Waals surface area contributed by atoms with Crippen molar-refractivity contribution in [2.24, 2.45) is 0 Å². The fraction of sp³-hybridized carbons (Fsp3) is 0.333. The van der Waals surface area contributed by atoms with Crippen LogP contribution >= 0.6 is 0 Å². The van der Waals surface area contributed by atoms with Gasteiger partial charge in [-0.1, -0.05) is 6.07 Å². The van der Waals surface area contributed by atoms with Gasteiger partial charge in [0.05, 0.1) is 11.8 Å². The molecule has 0 unspecified atom stereocenters. The van der Waals surface area contributed by atoms with Gasteiger partial charge in [0.25, 0.3) is 0 Å². The summed E-state index contributed by atoms with van der Waals surface area (Å²) in [6, 6.07) is 6.68. The van der Waals surface area contributed by atoms with E-state index in [0.29, 0.717) is 12.2 Å². The molecule has 4 heteroatoms. The molecule has 1 aromatic rings. The molecule has 0 fully saturated rings. The molecule has 0 spiro atoms. The molecule has 0 aliphatic rings. The second kappa shape index (κ2) is 5.17. The molecular weight excluding hydrogens is 204 g/mol. The first kappa shape index (κ1) is 12.1. The van der Waals surface area contributed by atoms with E-state index < -0.39 is 0 Å². The van der Waals surface area contributed by atoms with Crippen LogP contribution < -0.4 is 4.90 Å². The summed E-state index contributed by atoms with van der Waals surface area (Å²) < 4.78 is 0. The summed E-state index contributed by atoms with van der Waals surface area (Å²) >= 11 is 0. The Morgan fingerprint density at radius 3 is 2.81 bits per heavy atom. The number of hydrogen-bond acceptors (Lipinski definition) is 3. The van der Waals surface area contributed by atoms with E-state index in [-0.39, 0.29) is 18.1 Å². The molecule has 0 heterocycles. The molecule has 0 aliphatic carbocycles. The average molecular weight is 218 g/mol. The van der Waals surface area contributed by atoms with Gasteiger partial charge in [-0.05, 0) is 25.5 Å². The monoisotopic (exact) mass is 218 g/mol. The molecular formula is C12H14N2O2. The van der Waals surface area contributed by atoms with Gasteiger partial charge in [0, 0.05) is 12.6 Å². The SMILES string of the molecule is CCN(C(=O)CC#N)c1cc(O)ccc1C. The number of phenols is 1. The zero-order chi connectivity index (χ0) is 12.1. The van der Waals surface area contributed by atoms with Crippen LogP contribution in [0.3, 0.4) is 0 Å². The number of nitriles is 1. The summed E-state index contributed by atoms with van der Waals surface area (Å²) in [6.45, 7) is 4.17. The molecule has 0 aliphatic heterocycles. The first-order valence-electron chi connectivity index (χ1n) is 5.07. The summed E-state index contributed by atoms with van der Waals surface area (Å²) in [5.41, 5.74) is 1.55. The van der Waals surface area contributed by atoms with Crippen LogP contribution in [-0.4, -0.2) is 17.6 Å². The van der Waals surface area contributed by atoms with Gasteiger partial charge in [0.1, 0.15) is 12.2 Å². The molecule has 0 aromatic heterocycles. The molecule has 1 N–H and O–H groups in total. The average Bonchev–Trinajstić information content (AvgIpc) is 2.24. The molecule has 0 atom stereocenters. The lowest BCUT2D eigenvalue weighted by Gasteiger charge is -2.22. The maximum absolute atomic E-state index is 11.7. The summed E-state index contributed by atoms with van der Waals surface area (Å²) in [6.07, 6.45) is -0.150. The third-order valence-electron chi connectivity index (χ3n) is 2.33. The number of nitrogens with zero attached hydrogens (tertiary/aromatic N) is 2. The Kier molecular flexibility index (Phi) is 3.90. The van der Waals surface area contributed by atoms with Crippen LogP contribution in [0.1, 0.15) is 18.9 Å². The number of rotatable bonds is 3. The van der Waals surface area contributed by atoms with Gasteiger partial charge in [-0.15, -0.1) is 0 Å². The number of hydrogen-bond donors (Lipinski definition) is 1. The molecule has 1 rings (SSSR count). The van der Waals surface area contributed by atoms with Crippen LogP contribution in [0.15, 0.2) is 18.2 Å². The smallest absolute Gasteiger partial charge is 0.241 e. The topological polar surface area (TPSA) is 64.3 Å². The van der Waals surface area contributed by atoms with Crippen LogP contribution in [0.5, 0.6) is 5.75 Å². The maximum Gasteiger partial charge on any atom is 0.241 e. The lowest BCUT2D eigenvalue weighted by molar-refractivity contribution is -0.117. The quantitative estimate of drug-likeness (QED) is 0.843. The number of aryl methyl sites for hydroxylation is 1.